The summed E-state index contributed by atoms with van der Waals surface area (Å²) in [5, 5.41) is 10.0. The van der Waals surface area contributed by atoms with E-state index in [4.69, 9.17) is 4.18 Å². The molecule has 80 valence electrons. The van der Waals surface area contributed by atoms with Gasteiger partial charge in [0.25, 0.3) is 0 Å². The SMILES string of the molecule is O=C[C@H]1[C@H](O)CC2SOCSCC[C@@H]21. The summed E-state index contributed by atoms with van der Waals surface area (Å²) in [4.78, 5) is 10.9. The molecule has 0 aromatic heterocycles. The summed E-state index contributed by atoms with van der Waals surface area (Å²) < 4.78 is 5.38. The number of fused-ring (bicyclic) bond motifs is 1. The second-order valence-corrected chi connectivity index (χ2v) is 5.83. The first kappa shape index (κ1) is 10.8. The lowest BCUT2D eigenvalue weighted by molar-refractivity contribution is -0.114. The van der Waals surface area contributed by atoms with Crippen LogP contribution >= 0.6 is 23.8 Å². The van der Waals surface area contributed by atoms with Crippen LogP contribution in [0, 0.1) is 11.8 Å². The zero-order valence-electron chi connectivity index (χ0n) is 7.80. The first-order valence-electron chi connectivity index (χ1n) is 4.82. The second kappa shape index (κ2) is 4.88. The Bertz CT molecular complexity index is 212. The molecule has 1 heterocycles. The first-order valence-corrected chi connectivity index (χ1v) is 6.78. The van der Waals surface area contributed by atoms with Crippen LogP contribution in [0.4, 0.5) is 0 Å². The Labute approximate surface area is 92.2 Å². The average molecular weight is 234 g/mol. The van der Waals surface area contributed by atoms with Gasteiger partial charge in [-0.05, 0) is 36.6 Å². The molecule has 1 unspecified atom stereocenters. The monoisotopic (exact) mass is 234 g/mol. The van der Waals surface area contributed by atoms with Crippen LogP contribution in [-0.2, 0) is 8.98 Å². The van der Waals surface area contributed by atoms with E-state index >= 15 is 0 Å². The largest absolute Gasteiger partial charge is 0.392 e. The third-order valence-corrected chi connectivity index (χ3v) is 4.97. The van der Waals surface area contributed by atoms with Crippen LogP contribution in [0.3, 0.4) is 0 Å². The number of hydrogen-bond acceptors (Lipinski definition) is 5. The fourth-order valence-corrected chi connectivity index (χ4v) is 4.17. The van der Waals surface area contributed by atoms with Crippen molar-refractivity contribution in [2.45, 2.75) is 24.2 Å². The van der Waals surface area contributed by atoms with E-state index in [1.807, 2.05) is 0 Å². The Balaban J connectivity index is 2.05. The van der Waals surface area contributed by atoms with E-state index < -0.39 is 6.10 Å². The van der Waals surface area contributed by atoms with E-state index in [2.05, 4.69) is 0 Å². The molecule has 4 atom stereocenters. The molecule has 1 aliphatic carbocycles. The molecular weight excluding hydrogens is 220 g/mol. The summed E-state index contributed by atoms with van der Waals surface area (Å²) in [5.74, 6) is 1.88. The molecule has 0 aromatic rings. The standard InChI is InChI=1S/C9H14O3S2/c10-4-7-6-1-2-13-5-12-14-9(6)3-8(7)11/h4,6-9,11H,1-3,5H2/t6-,7-,8-,9?/m1/s1. The van der Waals surface area contributed by atoms with Crippen LogP contribution < -0.4 is 0 Å². The molecule has 0 amide bonds. The smallest absolute Gasteiger partial charge is 0.125 e. The molecule has 0 aromatic carbocycles. The molecule has 1 saturated carbocycles. The number of aliphatic hydroxyl groups is 1. The maximum atomic E-state index is 10.9. The van der Waals surface area contributed by atoms with Crippen molar-refractivity contribution in [1.29, 1.82) is 0 Å². The number of hydrogen-bond donors (Lipinski definition) is 1. The minimum absolute atomic E-state index is 0.171. The van der Waals surface area contributed by atoms with Gasteiger partial charge in [0.2, 0.25) is 0 Å². The predicted molar refractivity (Wildman–Crippen MR) is 58.1 cm³/mol. The predicted octanol–water partition coefficient (Wildman–Crippen LogP) is 1.31. The number of aliphatic hydroxyl groups excluding tert-OH is 1. The van der Waals surface area contributed by atoms with Gasteiger partial charge in [-0.15, -0.1) is 11.8 Å². The van der Waals surface area contributed by atoms with Crippen molar-refractivity contribution in [2.75, 3.05) is 11.7 Å². The highest BCUT2D eigenvalue weighted by atomic mass is 32.2. The molecule has 1 saturated heterocycles. The van der Waals surface area contributed by atoms with E-state index in [9.17, 15) is 9.90 Å². The summed E-state index contributed by atoms with van der Waals surface area (Å²) >= 11 is 3.20. The summed E-state index contributed by atoms with van der Waals surface area (Å²) in [6, 6.07) is 0. The van der Waals surface area contributed by atoms with E-state index in [0.29, 0.717) is 17.6 Å². The van der Waals surface area contributed by atoms with Crippen LogP contribution in [0.15, 0.2) is 0 Å². The van der Waals surface area contributed by atoms with Gasteiger partial charge < -0.3 is 14.1 Å². The van der Waals surface area contributed by atoms with Gasteiger partial charge in [0.15, 0.2) is 0 Å². The molecule has 1 aliphatic heterocycles. The van der Waals surface area contributed by atoms with E-state index in [1.54, 1.807) is 11.8 Å². The lowest BCUT2D eigenvalue weighted by Crippen LogP contribution is -2.23. The Morgan fingerprint density at radius 1 is 1.50 bits per heavy atom. The van der Waals surface area contributed by atoms with Crippen molar-refractivity contribution in [3.63, 3.8) is 0 Å². The molecule has 2 aliphatic rings. The zero-order chi connectivity index (χ0) is 9.97. The van der Waals surface area contributed by atoms with Crippen LogP contribution in [-0.4, -0.2) is 34.4 Å². The summed E-state index contributed by atoms with van der Waals surface area (Å²) in [7, 11) is 0. The number of aldehydes is 1. The quantitative estimate of drug-likeness (QED) is 0.547. The highest BCUT2D eigenvalue weighted by molar-refractivity contribution is 8.00. The Hall–Kier alpha value is 0.290. The minimum atomic E-state index is -0.457. The van der Waals surface area contributed by atoms with Crippen molar-refractivity contribution in [3.8, 4) is 0 Å². The Morgan fingerprint density at radius 3 is 3.14 bits per heavy atom. The fraction of sp³-hybridized carbons (Fsp3) is 0.889. The van der Waals surface area contributed by atoms with Crippen molar-refractivity contribution in [1.82, 2.24) is 0 Å². The Kier molecular flexibility index (Phi) is 3.76. The van der Waals surface area contributed by atoms with Crippen LogP contribution in [0.25, 0.3) is 0 Å². The number of thioether (sulfide) groups is 1. The van der Waals surface area contributed by atoms with E-state index in [1.165, 1.54) is 12.0 Å². The van der Waals surface area contributed by atoms with Crippen molar-refractivity contribution in [2.24, 2.45) is 11.8 Å². The summed E-state index contributed by atoms with van der Waals surface area (Å²) in [6.07, 6.45) is 2.18. The highest BCUT2D eigenvalue weighted by Gasteiger charge is 2.43. The highest BCUT2D eigenvalue weighted by Crippen LogP contribution is 2.43. The molecule has 0 spiro atoms. The number of rotatable bonds is 1. The minimum Gasteiger partial charge on any atom is -0.392 e. The van der Waals surface area contributed by atoms with E-state index in [-0.39, 0.29) is 5.92 Å². The molecule has 1 N–H and O–H groups in total. The van der Waals surface area contributed by atoms with Gasteiger partial charge in [0.05, 0.1) is 6.10 Å². The van der Waals surface area contributed by atoms with Gasteiger partial charge in [-0.1, -0.05) is 0 Å². The normalized spacial score (nSPS) is 43.8. The molecule has 2 rings (SSSR count). The summed E-state index contributed by atoms with van der Waals surface area (Å²) in [6.45, 7) is 0. The molecule has 0 bridgehead atoms. The second-order valence-electron chi connectivity index (χ2n) is 3.75. The number of carbonyl (C=O) groups is 1. The van der Waals surface area contributed by atoms with Gasteiger partial charge >= 0.3 is 0 Å². The van der Waals surface area contributed by atoms with Crippen LogP contribution in [0.5, 0.6) is 0 Å². The topological polar surface area (TPSA) is 46.5 Å². The van der Waals surface area contributed by atoms with Crippen molar-refractivity contribution >= 4 is 30.1 Å². The lowest BCUT2D eigenvalue weighted by Gasteiger charge is -2.23. The fourth-order valence-electron chi connectivity index (χ4n) is 2.21. The van der Waals surface area contributed by atoms with Gasteiger partial charge in [0, 0.05) is 11.2 Å². The molecule has 14 heavy (non-hydrogen) atoms. The van der Waals surface area contributed by atoms with Crippen LogP contribution in [0.2, 0.25) is 0 Å². The maximum absolute atomic E-state index is 10.9. The van der Waals surface area contributed by atoms with Gasteiger partial charge in [-0.25, -0.2) is 0 Å². The van der Waals surface area contributed by atoms with Gasteiger partial charge in [-0.3, -0.25) is 0 Å². The van der Waals surface area contributed by atoms with Crippen molar-refractivity contribution in [3.05, 3.63) is 0 Å². The molecule has 5 heteroatoms. The van der Waals surface area contributed by atoms with Crippen molar-refractivity contribution < 1.29 is 14.1 Å². The summed E-state index contributed by atoms with van der Waals surface area (Å²) in [5.41, 5.74) is 0. The molecular formula is C9H14O3S2. The third-order valence-electron chi connectivity index (χ3n) is 2.97. The Morgan fingerprint density at radius 2 is 2.36 bits per heavy atom. The first-order chi connectivity index (χ1) is 6.83. The molecule has 2 fully saturated rings. The van der Waals surface area contributed by atoms with Gasteiger partial charge in [0.1, 0.15) is 12.2 Å². The van der Waals surface area contributed by atoms with Gasteiger partial charge in [-0.2, -0.15) is 0 Å². The molecule has 3 nitrogen and oxygen atoms in total. The third kappa shape index (κ3) is 2.10. The van der Waals surface area contributed by atoms with Crippen LogP contribution in [0.1, 0.15) is 12.8 Å². The zero-order valence-corrected chi connectivity index (χ0v) is 9.43. The molecule has 0 radical (unpaired) electrons. The average Bonchev–Trinajstić information content (AvgIpc) is 2.42. The number of carbonyl (C=O) groups excluding carboxylic acids is 1. The lowest BCUT2D eigenvalue weighted by atomic mass is 9.94. The maximum Gasteiger partial charge on any atom is 0.125 e. The van der Waals surface area contributed by atoms with E-state index in [0.717, 1.165) is 24.4 Å².